The first-order valence-corrected chi connectivity index (χ1v) is 7.57. The Labute approximate surface area is 133 Å². The number of aldehydes is 1. The number of hydrogen-bond acceptors (Lipinski definition) is 3. The summed E-state index contributed by atoms with van der Waals surface area (Å²) in [6.45, 7) is 6.62. The highest BCUT2D eigenvalue weighted by atomic mass is 35.5. The molecule has 0 N–H and O–H groups in total. The van der Waals surface area contributed by atoms with Crippen LogP contribution in [0, 0.1) is 6.92 Å². The molecule has 1 aromatic carbocycles. The molecule has 22 heavy (non-hydrogen) atoms. The van der Waals surface area contributed by atoms with Crippen molar-refractivity contribution in [3.05, 3.63) is 52.0 Å². The molecule has 0 amide bonds. The van der Waals surface area contributed by atoms with Gasteiger partial charge in [0.2, 0.25) is 0 Å². The molecule has 0 atom stereocenters. The van der Waals surface area contributed by atoms with E-state index in [0.717, 1.165) is 34.3 Å². The Morgan fingerprint density at radius 3 is 2.73 bits per heavy atom. The zero-order valence-electron chi connectivity index (χ0n) is 12.8. The fourth-order valence-corrected chi connectivity index (χ4v) is 2.77. The van der Waals surface area contributed by atoms with Crippen LogP contribution in [0.15, 0.2) is 28.7 Å². The van der Waals surface area contributed by atoms with Gasteiger partial charge < -0.3 is 4.42 Å². The normalized spacial score (nSPS) is 11.5. The van der Waals surface area contributed by atoms with E-state index < -0.39 is 0 Å². The molecule has 0 aliphatic heterocycles. The first-order valence-electron chi connectivity index (χ1n) is 7.19. The first-order chi connectivity index (χ1) is 10.5. The Morgan fingerprint density at radius 2 is 2.09 bits per heavy atom. The van der Waals surface area contributed by atoms with E-state index in [1.807, 2.05) is 25.1 Å². The SMILES string of the molecule is Cc1cc(C=O)nn1Cc1cc(Cl)cc2cc(C(C)C)oc12. The summed E-state index contributed by atoms with van der Waals surface area (Å²) in [5.74, 6) is 1.25. The second kappa shape index (κ2) is 5.61. The van der Waals surface area contributed by atoms with Crippen molar-refractivity contribution in [1.29, 1.82) is 0 Å². The fourth-order valence-electron chi connectivity index (χ4n) is 2.52. The van der Waals surface area contributed by atoms with Crippen molar-refractivity contribution in [2.75, 3.05) is 0 Å². The molecule has 3 aromatic rings. The summed E-state index contributed by atoms with van der Waals surface area (Å²) in [6, 6.07) is 7.58. The summed E-state index contributed by atoms with van der Waals surface area (Å²) in [6.07, 6.45) is 0.751. The van der Waals surface area contributed by atoms with Crippen LogP contribution >= 0.6 is 11.6 Å². The van der Waals surface area contributed by atoms with Gasteiger partial charge in [0.15, 0.2) is 6.29 Å². The van der Waals surface area contributed by atoms with Gasteiger partial charge in [-0.25, -0.2) is 0 Å². The Bertz CT molecular complexity index is 846. The molecule has 0 aliphatic rings. The zero-order chi connectivity index (χ0) is 15.9. The minimum Gasteiger partial charge on any atom is -0.460 e. The maximum atomic E-state index is 10.9. The topological polar surface area (TPSA) is 48.0 Å². The highest BCUT2D eigenvalue weighted by Crippen LogP contribution is 2.30. The number of nitrogens with zero attached hydrogens (tertiary/aromatic N) is 2. The molecule has 2 aromatic heterocycles. The van der Waals surface area contributed by atoms with Crippen LogP contribution in [0.4, 0.5) is 0 Å². The summed E-state index contributed by atoms with van der Waals surface area (Å²) < 4.78 is 7.78. The molecule has 0 saturated heterocycles. The van der Waals surface area contributed by atoms with Gasteiger partial charge in [-0.05, 0) is 31.2 Å². The summed E-state index contributed by atoms with van der Waals surface area (Å²) in [7, 11) is 0. The summed E-state index contributed by atoms with van der Waals surface area (Å²) in [4.78, 5) is 10.9. The number of benzene rings is 1. The number of furan rings is 1. The number of fused-ring (bicyclic) bond motifs is 1. The van der Waals surface area contributed by atoms with Crippen LogP contribution in [0.5, 0.6) is 0 Å². The van der Waals surface area contributed by atoms with Crippen LogP contribution < -0.4 is 0 Å². The number of aryl methyl sites for hydroxylation is 1. The molecule has 0 bridgehead atoms. The molecule has 3 rings (SSSR count). The lowest BCUT2D eigenvalue weighted by molar-refractivity contribution is 0.111. The maximum absolute atomic E-state index is 10.9. The van der Waals surface area contributed by atoms with Crippen LogP contribution in [-0.4, -0.2) is 16.1 Å². The second-order valence-corrected chi connectivity index (χ2v) is 6.21. The van der Waals surface area contributed by atoms with Crippen molar-refractivity contribution in [2.45, 2.75) is 33.2 Å². The Balaban J connectivity index is 2.08. The third kappa shape index (κ3) is 2.66. The van der Waals surface area contributed by atoms with Crippen LogP contribution in [0.25, 0.3) is 11.0 Å². The van der Waals surface area contributed by atoms with Crippen molar-refractivity contribution < 1.29 is 9.21 Å². The Morgan fingerprint density at radius 1 is 1.32 bits per heavy atom. The van der Waals surface area contributed by atoms with Crippen LogP contribution in [-0.2, 0) is 6.54 Å². The van der Waals surface area contributed by atoms with Gasteiger partial charge in [-0.15, -0.1) is 0 Å². The van der Waals surface area contributed by atoms with E-state index in [4.69, 9.17) is 16.0 Å². The van der Waals surface area contributed by atoms with E-state index in [-0.39, 0.29) is 0 Å². The number of carbonyl (C=O) groups excluding carboxylic acids is 1. The third-order valence-corrected chi connectivity index (χ3v) is 3.91. The monoisotopic (exact) mass is 316 g/mol. The van der Waals surface area contributed by atoms with E-state index in [1.54, 1.807) is 10.7 Å². The maximum Gasteiger partial charge on any atom is 0.170 e. The van der Waals surface area contributed by atoms with Gasteiger partial charge >= 0.3 is 0 Å². The predicted molar refractivity (Wildman–Crippen MR) is 86.8 cm³/mol. The number of rotatable bonds is 4. The second-order valence-electron chi connectivity index (χ2n) is 5.77. The molecular formula is C17H17ClN2O2. The van der Waals surface area contributed by atoms with Crippen LogP contribution in [0.2, 0.25) is 5.02 Å². The van der Waals surface area contributed by atoms with Gasteiger partial charge in [-0.3, -0.25) is 9.48 Å². The zero-order valence-corrected chi connectivity index (χ0v) is 13.5. The van der Waals surface area contributed by atoms with Gasteiger partial charge in [-0.2, -0.15) is 5.10 Å². The summed E-state index contributed by atoms with van der Waals surface area (Å²) >= 11 is 6.22. The molecule has 0 unspecified atom stereocenters. The lowest BCUT2D eigenvalue weighted by Crippen LogP contribution is -2.04. The average molecular weight is 317 g/mol. The molecule has 0 saturated carbocycles. The molecule has 0 aliphatic carbocycles. The number of halogens is 1. The van der Waals surface area contributed by atoms with E-state index in [1.165, 1.54) is 0 Å². The van der Waals surface area contributed by atoms with Gasteiger partial charge in [0.1, 0.15) is 17.0 Å². The Kier molecular flexibility index (Phi) is 3.79. The minimum atomic E-state index is 0.312. The minimum absolute atomic E-state index is 0.312. The lowest BCUT2D eigenvalue weighted by atomic mass is 10.1. The fraction of sp³-hybridized carbons (Fsp3) is 0.294. The number of hydrogen-bond donors (Lipinski definition) is 0. The van der Waals surface area contributed by atoms with E-state index >= 15 is 0 Å². The smallest absolute Gasteiger partial charge is 0.170 e. The third-order valence-electron chi connectivity index (χ3n) is 3.69. The summed E-state index contributed by atoms with van der Waals surface area (Å²) in [5.41, 5.74) is 3.14. The molecule has 114 valence electrons. The van der Waals surface area contributed by atoms with E-state index in [2.05, 4.69) is 18.9 Å². The largest absolute Gasteiger partial charge is 0.460 e. The highest BCUT2D eigenvalue weighted by molar-refractivity contribution is 6.31. The van der Waals surface area contributed by atoms with Crippen molar-refractivity contribution in [1.82, 2.24) is 9.78 Å². The van der Waals surface area contributed by atoms with Gasteiger partial charge in [-0.1, -0.05) is 25.4 Å². The predicted octanol–water partition coefficient (Wildman–Crippen LogP) is 4.58. The van der Waals surface area contributed by atoms with E-state index in [0.29, 0.717) is 23.2 Å². The summed E-state index contributed by atoms with van der Waals surface area (Å²) in [5, 5.41) is 5.92. The molecule has 5 heteroatoms. The Hall–Kier alpha value is -2.07. The number of carbonyl (C=O) groups is 1. The molecule has 2 heterocycles. The van der Waals surface area contributed by atoms with Gasteiger partial charge in [0.05, 0.1) is 6.54 Å². The van der Waals surface area contributed by atoms with Gasteiger partial charge in [0, 0.05) is 27.6 Å². The van der Waals surface area contributed by atoms with Crippen molar-refractivity contribution in [3.63, 3.8) is 0 Å². The lowest BCUT2D eigenvalue weighted by Gasteiger charge is -2.06. The van der Waals surface area contributed by atoms with Crippen molar-refractivity contribution in [2.24, 2.45) is 0 Å². The standard InChI is InChI=1S/C17H17ClN2O2/c1-10(2)16-7-12-5-14(18)6-13(17(12)22-16)8-20-11(3)4-15(9-21)19-20/h4-7,9-10H,8H2,1-3H3. The molecule has 0 fully saturated rings. The molecule has 0 radical (unpaired) electrons. The van der Waals surface area contributed by atoms with Crippen molar-refractivity contribution in [3.8, 4) is 0 Å². The van der Waals surface area contributed by atoms with E-state index in [9.17, 15) is 4.79 Å². The van der Waals surface area contributed by atoms with Crippen LogP contribution in [0.3, 0.4) is 0 Å². The van der Waals surface area contributed by atoms with Crippen molar-refractivity contribution >= 4 is 28.9 Å². The molecule has 0 spiro atoms. The quantitative estimate of drug-likeness (QED) is 0.662. The first kappa shape index (κ1) is 14.9. The average Bonchev–Trinajstić information content (AvgIpc) is 3.03. The van der Waals surface area contributed by atoms with Crippen LogP contribution in [0.1, 0.15) is 47.3 Å². The number of aromatic nitrogens is 2. The van der Waals surface area contributed by atoms with Gasteiger partial charge in [0.25, 0.3) is 0 Å². The highest BCUT2D eigenvalue weighted by Gasteiger charge is 2.14. The molecule has 4 nitrogen and oxygen atoms in total. The molecular weight excluding hydrogens is 300 g/mol.